The summed E-state index contributed by atoms with van der Waals surface area (Å²) in [7, 11) is 3.00. The van der Waals surface area contributed by atoms with E-state index in [0.717, 1.165) is 0 Å². The van der Waals surface area contributed by atoms with E-state index in [-0.39, 0.29) is 18.8 Å². The van der Waals surface area contributed by atoms with Gasteiger partial charge < -0.3 is 26.3 Å². The smallest absolute Gasteiger partial charge is 0.241 e. The van der Waals surface area contributed by atoms with Crippen LogP contribution in [0.5, 0.6) is 11.5 Å². The van der Waals surface area contributed by atoms with Gasteiger partial charge in [-0.2, -0.15) is 0 Å². The number of ether oxygens (including phenoxy) is 2. The Labute approximate surface area is 123 Å². The van der Waals surface area contributed by atoms with Crippen LogP contribution in [0.3, 0.4) is 0 Å². The Bertz CT molecular complexity index is 460. The molecule has 1 unspecified atom stereocenters. The van der Waals surface area contributed by atoms with E-state index in [2.05, 4.69) is 5.32 Å². The fourth-order valence-electron chi connectivity index (χ4n) is 1.42. The maximum absolute atomic E-state index is 11.7. The molecule has 1 aromatic rings. The Morgan fingerprint density at radius 1 is 1.20 bits per heavy atom. The Kier molecular flexibility index (Phi) is 7.42. The minimum atomic E-state index is -0.991. The van der Waals surface area contributed by atoms with E-state index in [4.69, 9.17) is 20.9 Å². The van der Waals surface area contributed by atoms with E-state index < -0.39 is 17.9 Å². The molecule has 7 nitrogen and oxygen atoms in total. The normalized spacial score (nSPS) is 10.9. The Hall–Kier alpha value is -1.99. The highest BCUT2D eigenvalue weighted by Gasteiger charge is 2.16. The summed E-state index contributed by atoms with van der Waals surface area (Å²) in [5.41, 5.74) is 11.0. The highest BCUT2D eigenvalue weighted by atomic mass is 35.5. The van der Waals surface area contributed by atoms with Crippen LogP contribution in [0, 0.1) is 0 Å². The van der Waals surface area contributed by atoms with E-state index in [1.807, 2.05) is 0 Å². The summed E-state index contributed by atoms with van der Waals surface area (Å²) in [5, 5.41) is 2.56. The van der Waals surface area contributed by atoms with Crippen LogP contribution in [-0.4, -0.2) is 32.1 Å². The van der Waals surface area contributed by atoms with Crippen LogP contribution in [0.4, 0.5) is 5.69 Å². The average molecular weight is 304 g/mol. The number of hydrogen-bond donors (Lipinski definition) is 3. The number of nitrogens with one attached hydrogen (secondary N) is 1. The van der Waals surface area contributed by atoms with Gasteiger partial charge >= 0.3 is 0 Å². The Morgan fingerprint density at radius 3 is 2.10 bits per heavy atom. The third kappa shape index (κ3) is 5.33. The maximum Gasteiger partial charge on any atom is 0.241 e. The molecule has 1 aromatic carbocycles. The molecule has 0 fully saturated rings. The zero-order valence-electron chi connectivity index (χ0n) is 11.2. The first-order chi connectivity index (χ1) is 8.96. The van der Waals surface area contributed by atoms with Crippen LogP contribution in [-0.2, 0) is 9.59 Å². The minimum Gasteiger partial charge on any atom is -0.497 e. The number of nitrogens with two attached hydrogens (primary N) is 2. The standard InChI is InChI=1S/C12H17N3O4.ClH/c1-18-8-3-7(4-9(5-8)19-2)15-12(17)10(13)6-11(14)16;/h3-5,10H,6,13H2,1-2H3,(H2,14,16)(H,15,17);1H. The number of amides is 2. The molecule has 1 atom stereocenters. The number of halogens is 1. The first-order valence-electron chi connectivity index (χ1n) is 5.54. The van der Waals surface area contributed by atoms with Gasteiger partial charge in [0.15, 0.2) is 0 Å². The molecule has 0 spiro atoms. The fraction of sp³-hybridized carbons (Fsp3) is 0.333. The summed E-state index contributed by atoms with van der Waals surface area (Å²) in [4.78, 5) is 22.4. The van der Waals surface area contributed by atoms with Gasteiger partial charge in [-0.3, -0.25) is 9.59 Å². The molecule has 0 aliphatic rings. The molecule has 1 rings (SSSR count). The highest BCUT2D eigenvalue weighted by Crippen LogP contribution is 2.25. The van der Waals surface area contributed by atoms with Crippen LogP contribution < -0.4 is 26.3 Å². The quantitative estimate of drug-likeness (QED) is 0.697. The number of carbonyl (C=O) groups is 2. The largest absolute Gasteiger partial charge is 0.497 e. The van der Waals surface area contributed by atoms with E-state index in [9.17, 15) is 9.59 Å². The zero-order chi connectivity index (χ0) is 14.4. The van der Waals surface area contributed by atoms with E-state index >= 15 is 0 Å². The first kappa shape index (κ1) is 18.0. The van der Waals surface area contributed by atoms with Crippen molar-refractivity contribution < 1.29 is 19.1 Å². The van der Waals surface area contributed by atoms with Crippen molar-refractivity contribution in [2.24, 2.45) is 11.5 Å². The lowest BCUT2D eigenvalue weighted by Crippen LogP contribution is -2.38. The number of rotatable bonds is 6. The molecular weight excluding hydrogens is 286 g/mol. The summed E-state index contributed by atoms with van der Waals surface area (Å²) in [5.74, 6) is -0.0868. The Morgan fingerprint density at radius 2 is 1.70 bits per heavy atom. The van der Waals surface area contributed by atoms with Crippen LogP contribution in [0.25, 0.3) is 0 Å². The van der Waals surface area contributed by atoms with Gasteiger partial charge in [0.2, 0.25) is 11.8 Å². The number of primary amides is 1. The molecule has 8 heteroatoms. The summed E-state index contributed by atoms with van der Waals surface area (Å²) < 4.78 is 10.1. The van der Waals surface area contributed by atoms with Crippen molar-refractivity contribution in [2.45, 2.75) is 12.5 Å². The van der Waals surface area contributed by atoms with Gasteiger partial charge in [-0.25, -0.2) is 0 Å². The third-order valence-corrected chi connectivity index (χ3v) is 2.38. The molecule has 20 heavy (non-hydrogen) atoms. The molecule has 0 aliphatic carbocycles. The summed E-state index contributed by atoms with van der Waals surface area (Å²) >= 11 is 0. The fourth-order valence-corrected chi connectivity index (χ4v) is 1.42. The van der Waals surface area contributed by atoms with E-state index in [1.54, 1.807) is 18.2 Å². The third-order valence-electron chi connectivity index (χ3n) is 2.38. The summed E-state index contributed by atoms with van der Waals surface area (Å²) in [6.07, 6.45) is -0.215. The molecule has 0 heterocycles. The second-order valence-electron chi connectivity index (χ2n) is 3.87. The van der Waals surface area contributed by atoms with Crippen molar-refractivity contribution in [1.82, 2.24) is 0 Å². The van der Waals surface area contributed by atoms with Gasteiger partial charge in [0.1, 0.15) is 11.5 Å². The predicted octanol–water partition coefficient (Wildman–Crippen LogP) is 0.267. The second kappa shape index (κ2) is 8.23. The predicted molar refractivity (Wildman–Crippen MR) is 77.2 cm³/mol. The average Bonchev–Trinajstić information content (AvgIpc) is 2.37. The van der Waals surface area contributed by atoms with E-state index in [0.29, 0.717) is 17.2 Å². The molecule has 0 aliphatic heterocycles. The monoisotopic (exact) mass is 303 g/mol. The first-order valence-corrected chi connectivity index (χ1v) is 5.54. The van der Waals surface area contributed by atoms with Crippen LogP contribution in [0.1, 0.15) is 6.42 Å². The van der Waals surface area contributed by atoms with Crippen molar-refractivity contribution in [3.8, 4) is 11.5 Å². The number of carbonyl (C=O) groups excluding carboxylic acids is 2. The molecular formula is C12H18ClN3O4. The molecule has 0 saturated heterocycles. The van der Waals surface area contributed by atoms with Gasteiger partial charge in [-0.1, -0.05) is 0 Å². The molecule has 0 bridgehead atoms. The SMILES string of the molecule is COc1cc(NC(=O)C(N)CC(N)=O)cc(OC)c1.Cl. The summed E-state index contributed by atoms with van der Waals surface area (Å²) in [6, 6.07) is 3.89. The van der Waals surface area contributed by atoms with Crippen molar-refractivity contribution in [1.29, 1.82) is 0 Å². The van der Waals surface area contributed by atoms with Crippen LogP contribution >= 0.6 is 12.4 Å². The molecule has 0 radical (unpaired) electrons. The molecule has 5 N–H and O–H groups in total. The Balaban J connectivity index is 0.00000361. The maximum atomic E-state index is 11.7. The minimum absolute atomic E-state index is 0. The topological polar surface area (TPSA) is 117 Å². The molecule has 2 amide bonds. The van der Waals surface area contributed by atoms with Gasteiger partial charge in [0.25, 0.3) is 0 Å². The van der Waals surface area contributed by atoms with Crippen LogP contribution in [0.2, 0.25) is 0 Å². The van der Waals surface area contributed by atoms with Gasteiger partial charge in [0.05, 0.1) is 26.7 Å². The second-order valence-corrected chi connectivity index (χ2v) is 3.87. The molecule has 112 valence electrons. The van der Waals surface area contributed by atoms with Gasteiger partial charge in [-0.05, 0) is 0 Å². The van der Waals surface area contributed by atoms with E-state index in [1.165, 1.54) is 14.2 Å². The number of anilines is 1. The number of methoxy groups -OCH3 is 2. The lowest BCUT2D eigenvalue weighted by molar-refractivity contribution is -0.123. The van der Waals surface area contributed by atoms with Crippen molar-refractivity contribution >= 4 is 29.9 Å². The van der Waals surface area contributed by atoms with Gasteiger partial charge in [-0.15, -0.1) is 12.4 Å². The van der Waals surface area contributed by atoms with Crippen molar-refractivity contribution in [3.63, 3.8) is 0 Å². The number of benzene rings is 1. The van der Waals surface area contributed by atoms with Crippen LogP contribution in [0.15, 0.2) is 18.2 Å². The lowest BCUT2D eigenvalue weighted by atomic mass is 10.2. The highest BCUT2D eigenvalue weighted by molar-refractivity contribution is 5.97. The van der Waals surface area contributed by atoms with Gasteiger partial charge in [0, 0.05) is 23.9 Å². The number of hydrogen-bond acceptors (Lipinski definition) is 5. The molecule has 0 saturated carbocycles. The van der Waals surface area contributed by atoms with Crippen molar-refractivity contribution in [2.75, 3.05) is 19.5 Å². The molecule has 0 aromatic heterocycles. The zero-order valence-corrected chi connectivity index (χ0v) is 12.0. The van der Waals surface area contributed by atoms with Crippen molar-refractivity contribution in [3.05, 3.63) is 18.2 Å². The summed E-state index contributed by atoms with van der Waals surface area (Å²) in [6.45, 7) is 0. The lowest BCUT2D eigenvalue weighted by Gasteiger charge is -2.12.